The van der Waals surface area contributed by atoms with E-state index in [1.54, 1.807) is 29.1 Å². The first-order valence-corrected chi connectivity index (χ1v) is 10.5. The number of rotatable bonds is 9. The molecule has 3 rings (SSSR count). The van der Waals surface area contributed by atoms with Gasteiger partial charge in [-0.3, -0.25) is 14.4 Å². The van der Waals surface area contributed by atoms with Crippen molar-refractivity contribution in [2.24, 2.45) is 7.05 Å². The predicted molar refractivity (Wildman–Crippen MR) is 116 cm³/mol. The highest BCUT2D eigenvalue weighted by molar-refractivity contribution is 7.09. The molecule has 6 nitrogen and oxygen atoms in total. The molecule has 1 atom stereocenters. The summed E-state index contributed by atoms with van der Waals surface area (Å²) in [7, 11) is 3.88. The molecule has 1 amide bonds. The largest absolute Gasteiger partial charge is 0.489 e. The Bertz CT molecular complexity index is 936. The lowest BCUT2D eigenvalue weighted by atomic mass is 10.2. The van der Waals surface area contributed by atoms with Crippen molar-refractivity contribution in [2.75, 3.05) is 13.6 Å². The van der Waals surface area contributed by atoms with Gasteiger partial charge in [0.15, 0.2) is 0 Å². The molecule has 1 aromatic carbocycles. The Morgan fingerprint density at radius 3 is 2.79 bits per heavy atom. The minimum absolute atomic E-state index is 0.146. The Hall–Kier alpha value is -2.64. The molecule has 0 spiro atoms. The van der Waals surface area contributed by atoms with Gasteiger partial charge in [0.1, 0.15) is 17.5 Å². The van der Waals surface area contributed by atoms with Crippen molar-refractivity contribution in [3.8, 4) is 5.75 Å². The van der Waals surface area contributed by atoms with E-state index >= 15 is 0 Å². The maximum atomic E-state index is 12.3. The first-order chi connectivity index (χ1) is 13.9. The van der Waals surface area contributed by atoms with Gasteiger partial charge in [-0.15, -0.1) is 11.3 Å². The number of hydrogen-bond donors (Lipinski definition) is 1. The van der Waals surface area contributed by atoms with E-state index in [-0.39, 0.29) is 12.0 Å². The maximum absolute atomic E-state index is 12.3. The van der Waals surface area contributed by atoms with Crippen LogP contribution in [0.15, 0.2) is 47.8 Å². The van der Waals surface area contributed by atoms with Gasteiger partial charge in [-0.2, -0.15) is 5.10 Å². The number of ether oxygens (including phenoxy) is 1. The van der Waals surface area contributed by atoms with Crippen LogP contribution in [-0.2, 0) is 20.1 Å². The monoisotopic (exact) mass is 412 g/mol. The average Bonchev–Trinajstić information content (AvgIpc) is 3.29. The third-order valence-corrected chi connectivity index (χ3v) is 5.34. The maximum Gasteiger partial charge on any atom is 0.269 e. The summed E-state index contributed by atoms with van der Waals surface area (Å²) in [5.41, 5.74) is 2.57. The Morgan fingerprint density at radius 2 is 2.10 bits per heavy atom. The van der Waals surface area contributed by atoms with Gasteiger partial charge in [-0.1, -0.05) is 18.2 Å². The van der Waals surface area contributed by atoms with Crippen molar-refractivity contribution < 1.29 is 9.53 Å². The molecular weight excluding hydrogens is 384 g/mol. The normalized spacial score (nSPS) is 12.2. The highest BCUT2D eigenvalue weighted by atomic mass is 32.1. The Morgan fingerprint density at radius 1 is 1.28 bits per heavy atom. The van der Waals surface area contributed by atoms with Gasteiger partial charge in [0, 0.05) is 25.0 Å². The number of nitrogens with one attached hydrogen (secondary N) is 1. The number of carbonyl (C=O) groups excluding carboxylic acids is 1. The summed E-state index contributed by atoms with van der Waals surface area (Å²) in [4.78, 5) is 15.9. The van der Waals surface area contributed by atoms with Crippen LogP contribution in [-0.4, -0.2) is 40.3 Å². The van der Waals surface area contributed by atoms with E-state index in [9.17, 15) is 4.79 Å². The Labute approximate surface area is 176 Å². The lowest BCUT2D eigenvalue weighted by Gasteiger charge is -2.18. The molecule has 0 aliphatic carbocycles. The number of benzene rings is 1. The molecule has 0 fully saturated rings. The summed E-state index contributed by atoms with van der Waals surface area (Å²) in [6, 6.07) is 14.1. The van der Waals surface area contributed by atoms with Crippen molar-refractivity contribution >= 4 is 17.2 Å². The fourth-order valence-electron chi connectivity index (χ4n) is 3.18. The van der Waals surface area contributed by atoms with E-state index in [1.165, 1.54) is 10.4 Å². The summed E-state index contributed by atoms with van der Waals surface area (Å²) in [6.45, 7) is 6.02. The molecule has 0 radical (unpaired) electrons. The molecule has 2 heterocycles. The van der Waals surface area contributed by atoms with Crippen molar-refractivity contribution in [3.05, 3.63) is 69.7 Å². The van der Waals surface area contributed by atoms with Gasteiger partial charge >= 0.3 is 0 Å². The van der Waals surface area contributed by atoms with E-state index < -0.39 is 0 Å². The zero-order valence-electron chi connectivity index (χ0n) is 17.4. The van der Waals surface area contributed by atoms with Crippen LogP contribution < -0.4 is 10.1 Å². The summed E-state index contributed by atoms with van der Waals surface area (Å²) in [5.74, 6) is 0.664. The number of nitrogens with zero attached hydrogens (tertiary/aromatic N) is 3. The molecule has 0 unspecified atom stereocenters. The minimum atomic E-state index is -0.146. The summed E-state index contributed by atoms with van der Waals surface area (Å²) < 4.78 is 7.60. The Kier molecular flexibility index (Phi) is 7.06. The number of aromatic nitrogens is 2. The second kappa shape index (κ2) is 9.71. The fourth-order valence-corrected chi connectivity index (χ4v) is 3.96. The Balaban J connectivity index is 1.50. The smallest absolute Gasteiger partial charge is 0.269 e. The molecule has 154 valence electrons. The molecule has 3 aromatic rings. The molecule has 29 heavy (non-hydrogen) atoms. The van der Waals surface area contributed by atoms with Gasteiger partial charge in [0.25, 0.3) is 5.91 Å². The van der Waals surface area contributed by atoms with Crippen LogP contribution in [0.25, 0.3) is 0 Å². The highest BCUT2D eigenvalue weighted by Crippen LogP contribution is 2.18. The first kappa shape index (κ1) is 21.1. The molecule has 0 aliphatic rings. The molecule has 0 aliphatic heterocycles. The third-order valence-electron chi connectivity index (χ3n) is 4.48. The van der Waals surface area contributed by atoms with Gasteiger partial charge in [0.05, 0.1) is 12.2 Å². The van der Waals surface area contributed by atoms with Gasteiger partial charge < -0.3 is 10.1 Å². The number of thiophene rings is 1. The zero-order valence-corrected chi connectivity index (χ0v) is 18.2. The van der Waals surface area contributed by atoms with Crippen molar-refractivity contribution in [3.63, 3.8) is 0 Å². The molecule has 2 aromatic heterocycles. The van der Waals surface area contributed by atoms with Crippen LogP contribution in [0.2, 0.25) is 0 Å². The molecule has 0 bridgehead atoms. The predicted octanol–water partition coefficient (Wildman–Crippen LogP) is 3.62. The summed E-state index contributed by atoms with van der Waals surface area (Å²) in [5, 5.41) is 9.22. The van der Waals surface area contributed by atoms with E-state index in [2.05, 4.69) is 52.0 Å². The number of carbonyl (C=O) groups is 1. The average molecular weight is 413 g/mol. The van der Waals surface area contributed by atoms with Crippen molar-refractivity contribution in [2.45, 2.75) is 33.0 Å². The van der Waals surface area contributed by atoms with Crippen LogP contribution in [0, 0.1) is 6.92 Å². The SMILES string of the molecule is Cc1cc(C(=O)NC[C@@H](C)Oc2cccc(CN(C)Cc3cccs3)c2)n(C)n1. The van der Waals surface area contributed by atoms with Gasteiger partial charge in [0.2, 0.25) is 0 Å². The number of aryl methyl sites for hydroxylation is 2. The zero-order chi connectivity index (χ0) is 20.8. The summed E-state index contributed by atoms with van der Waals surface area (Å²) >= 11 is 1.78. The molecule has 0 saturated carbocycles. The van der Waals surface area contributed by atoms with Crippen molar-refractivity contribution in [1.29, 1.82) is 0 Å². The second-order valence-electron chi connectivity index (χ2n) is 7.33. The summed E-state index contributed by atoms with van der Waals surface area (Å²) in [6.07, 6.45) is -0.146. The third kappa shape index (κ3) is 6.17. The van der Waals surface area contributed by atoms with Crippen LogP contribution in [0.5, 0.6) is 5.75 Å². The van der Waals surface area contributed by atoms with Gasteiger partial charge in [-0.25, -0.2) is 0 Å². The molecule has 1 N–H and O–H groups in total. The lowest BCUT2D eigenvalue weighted by Crippen LogP contribution is -2.34. The lowest BCUT2D eigenvalue weighted by molar-refractivity contribution is 0.0922. The van der Waals surface area contributed by atoms with E-state index in [0.29, 0.717) is 12.2 Å². The van der Waals surface area contributed by atoms with Crippen LogP contribution in [0.3, 0.4) is 0 Å². The van der Waals surface area contributed by atoms with E-state index in [1.807, 2.05) is 26.0 Å². The van der Waals surface area contributed by atoms with Crippen LogP contribution >= 0.6 is 11.3 Å². The van der Waals surface area contributed by atoms with Crippen LogP contribution in [0.4, 0.5) is 0 Å². The number of hydrogen-bond acceptors (Lipinski definition) is 5. The molecule has 7 heteroatoms. The number of amides is 1. The van der Waals surface area contributed by atoms with E-state index in [4.69, 9.17) is 4.74 Å². The minimum Gasteiger partial charge on any atom is -0.489 e. The van der Waals surface area contributed by atoms with Gasteiger partial charge in [-0.05, 0) is 56.1 Å². The topological polar surface area (TPSA) is 59.4 Å². The quantitative estimate of drug-likeness (QED) is 0.583. The van der Waals surface area contributed by atoms with Crippen molar-refractivity contribution in [1.82, 2.24) is 20.0 Å². The van der Waals surface area contributed by atoms with E-state index in [0.717, 1.165) is 24.5 Å². The highest BCUT2D eigenvalue weighted by Gasteiger charge is 2.13. The standard InChI is InChI=1S/C22H28N4O2S/c1-16-11-21(26(4)24-16)22(27)23-13-17(2)28-19-8-5-7-18(12-19)14-25(3)15-20-9-6-10-29-20/h5-12,17H,13-15H2,1-4H3,(H,23,27)/t17-/m1/s1. The fraction of sp³-hybridized carbons (Fsp3) is 0.364. The first-order valence-electron chi connectivity index (χ1n) is 9.66. The molecular formula is C22H28N4O2S. The molecule has 0 saturated heterocycles. The second-order valence-corrected chi connectivity index (χ2v) is 8.36. The van der Waals surface area contributed by atoms with Crippen LogP contribution in [0.1, 0.15) is 33.5 Å².